The molecule has 1 fully saturated rings. The van der Waals surface area contributed by atoms with Crippen molar-refractivity contribution in [3.05, 3.63) is 60.9 Å². The van der Waals surface area contributed by atoms with Crippen LogP contribution in [0.1, 0.15) is 24.6 Å². The fourth-order valence-electron chi connectivity index (χ4n) is 3.48. The summed E-state index contributed by atoms with van der Waals surface area (Å²) in [6, 6.07) is 11.2. The lowest BCUT2D eigenvalue weighted by Crippen LogP contribution is -2.38. The Morgan fingerprint density at radius 2 is 1.82 bits per heavy atom. The van der Waals surface area contributed by atoms with Crippen molar-refractivity contribution in [3.63, 3.8) is 0 Å². The van der Waals surface area contributed by atoms with Gasteiger partial charge in [-0.1, -0.05) is 18.2 Å². The third kappa shape index (κ3) is 3.76. The van der Waals surface area contributed by atoms with Crippen LogP contribution >= 0.6 is 0 Å². The van der Waals surface area contributed by atoms with E-state index in [2.05, 4.69) is 20.5 Å². The van der Waals surface area contributed by atoms with Crippen LogP contribution in [0, 0.1) is 0 Å². The molecule has 3 aromatic rings. The Morgan fingerprint density at radius 1 is 1.07 bits per heavy atom. The number of para-hydroxylation sites is 1. The zero-order valence-corrected chi connectivity index (χ0v) is 16.4. The molecule has 0 unspecified atom stereocenters. The van der Waals surface area contributed by atoms with Gasteiger partial charge < -0.3 is 9.88 Å². The van der Waals surface area contributed by atoms with E-state index in [1.165, 1.54) is 10.5 Å². The molecule has 0 radical (unpaired) electrons. The minimum absolute atomic E-state index is 0.200. The summed E-state index contributed by atoms with van der Waals surface area (Å²) < 4.78 is 29.6. The van der Waals surface area contributed by atoms with Crippen molar-refractivity contribution >= 4 is 21.4 Å². The number of nitrogens with one attached hydrogen (secondary N) is 1. The number of nitrogens with zero attached hydrogens (tertiary/aromatic N) is 5. The molecule has 0 saturated carbocycles. The fraction of sp³-hybridized carbons (Fsp3) is 0.316. The molecule has 0 spiro atoms. The van der Waals surface area contributed by atoms with Gasteiger partial charge in [0.25, 0.3) is 0 Å². The van der Waals surface area contributed by atoms with Crippen LogP contribution in [0.2, 0.25) is 0 Å². The number of aryl methyl sites for hydroxylation is 1. The predicted octanol–water partition coefficient (Wildman–Crippen LogP) is 2.52. The maximum Gasteiger partial charge on any atom is 0.244 e. The zero-order valence-electron chi connectivity index (χ0n) is 15.6. The van der Waals surface area contributed by atoms with Crippen LogP contribution in [0.25, 0.3) is 0 Å². The van der Waals surface area contributed by atoms with E-state index in [1.54, 1.807) is 18.6 Å². The summed E-state index contributed by atoms with van der Waals surface area (Å²) in [5.41, 5.74) is 1.52. The minimum Gasteiger partial charge on any atom is -0.354 e. The van der Waals surface area contributed by atoms with Crippen LogP contribution < -0.4 is 5.32 Å². The molecule has 0 amide bonds. The van der Waals surface area contributed by atoms with E-state index in [-0.39, 0.29) is 10.8 Å². The van der Waals surface area contributed by atoms with Crippen molar-refractivity contribution in [2.24, 2.45) is 7.05 Å². The number of hydrogen-bond acceptors (Lipinski definition) is 6. The van der Waals surface area contributed by atoms with Crippen LogP contribution in [-0.4, -0.2) is 45.6 Å². The van der Waals surface area contributed by atoms with E-state index in [1.807, 2.05) is 41.9 Å². The Hall–Kier alpha value is -2.78. The van der Waals surface area contributed by atoms with E-state index < -0.39 is 10.0 Å². The molecule has 0 atom stereocenters. The SMILES string of the molecule is Cn1cnnc1C1CCN(S(=O)(=O)c2cncc(Nc3ccccc3)c2)CC1. The first-order valence-corrected chi connectivity index (χ1v) is 10.6. The Morgan fingerprint density at radius 3 is 2.50 bits per heavy atom. The van der Waals surface area contributed by atoms with Crippen molar-refractivity contribution in [2.45, 2.75) is 23.7 Å². The molecule has 0 bridgehead atoms. The van der Waals surface area contributed by atoms with Crippen LogP contribution in [0.4, 0.5) is 11.4 Å². The van der Waals surface area contributed by atoms with Gasteiger partial charge in [0.2, 0.25) is 10.0 Å². The smallest absolute Gasteiger partial charge is 0.244 e. The normalized spacial score (nSPS) is 16.2. The maximum atomic E-state index is 13.1. The lowest BCUT2D eigenvalue weighted by Gasteiger charge is -2.30. The molecule has 9 heteroatoms. The molecule has 2 aromatic heterocycles. The van der Waals surface area contributed by atoms with Gasteiger partial charge in [-0.3, -0.25) is 4.98 Å². The standard InChI is InChI=1S/C19H22N6O2S/c1-24-14-21-23-19(24)15-7-9-25(10-8-15)28(26,27)18-11-17(12-20-13-18)22-16-5-3-2-4-6-16/h2-6,11-15,22H,7-10H2,1H3. The largest absolute Gasteiger partial charge is 0.354 e. The summed E-state index contributed by atoms with van der Waals surface area (Å²) in [7, 11) is -1.68. The molecule has 146 valence electrons. The number of aromatic nitrogens is 4. The Kier molecular flexibility index (Phi) is 5.10. The van der Waals surface area contributed by atoms with Crippen LogP contribution in [0.5, 0.6) is 0 Å². The first-order chi connectivity index (χ1) is 13.5. The highest BCUT2D eigenvalue weighted by molar-refractivity contribution is 7.89. The average molecular weight is 398 g/mol. The number of anilines is 2. The highest BCUT2D eigenvalue weighted by atomic mass is 32.2. The number of piperidine rings is 1. The van der Waals surface area contributed by atoms with E-state index in [0.29, 0.717) is 18.8 Å². The summed E-state index contributed by atoms with van der Waals surface area (Å²) >= 11 is 0. The Bertz CT molecular complexity index is 1040. The maximum absolute atomic E-state index is 13.1. The molecule has 1 aliphatic rings. The number of sulfonamides is 1. The van der Waals surface area contributed by atoms with E-state index in [0.717, 1.165) is 24.4 Å². The number of benzene rings is 1. The van der Waals surface area contributed by atoms with Crippen LogP contribution in [0.3, 0.4) is 0 Å². The molecule has 1 saturated heterocycles. The van der Waals surface area contributed by atoms with Crippen molar-refractivity contribution in [1.29, 1.82) is 0 Å². The van der Waals surface area contributed by atoms with Gasteiger partial charge in [0.15, 0.2) is 0 Å². The highest BCUT2D eigenvalue weighted by Gasteiger charge is 2.31. The van der Waals surface area contributed by atoms with Crippen molar-refractivity contribution in [1.82, 2.24) is 24.1 Å². The molecular weight excluding hydrogens is 376 g/mol. The second-order valence-electron chi connectivity index (χ2n) is 6.88. The lowest BCUT2D eigenvalue weighted by atomic mass is 9.97. The first-order valence-electron chi connectivity index (χ1n) is 9.15. The molecule has 0 aliphatic carbocycles. The van der Waals surface area contributed by atoms with Gasteiger partial charge in [-0.05, 0) is 31.0 Å². The first kappa shape index (κ1) is 18.6. The van der Waals surface area contributed by atoms with E-state index in [9.17, 15) is 8.42 Å². The Balaban J connectivity index is 1.48. The van der Waals surface area contributed by atoms with Crippen molar-refractivity contribution in [3.8, 4) is 0 Å². The molecule has 8 nitrogen and oxygen atoms in total. The number of hydrogen-bond donors (Lipinski definition) is 1. The summed E-state index contributed by atoms with van der Waals surface area (Å²) in [6.07, 6.45) is 6.14. The fourth-order valence-corrected chi connectivity index (χ4v) is 4.94. The lowest BCUT2D eigenvalue weighted by molar-refractivity contribution is 0.310. The van der Waals surface area contributed by atoms with Gasteiger partial charge in [0.05, 0.1) is 11.9 Å². The van der Waals surface area contributed by atoms with Gasteiger partial charge in [-0.2, -0.15) is 4.31 Å². The predicted molar refractivity (Wildman–Crippen MR) is 106 cm³/mol. The molecule has 4 rings (SSSR count). The highest BCUT2D eigenvalue weighted by Crippen LogP contribution is 2.30. The van der Waals surface area contributed by atoms with Gasteiger partial charge in [-0.25, -0.2) is 8.42 Å². The van der Waals surface area contributed by atoms with Crippen molar-refractivity contribution in [2.75, 3.05) is 18.4 Å². The number of pyridine rings is 1. The minimum atomic E-state index is -3.59. The molecule has 1 aromatic carbocycles. The summed E-state index contributed by atoms with van der Waals surface area (Å²) in [4.78, 5) is 4.32. The third-order valence-electron chi connectivity index (χ3n) is 4.98. The van der Waals surface area contributed by atoms with Gasteiger partial charge >= 0.3 is 0 Å². The monoisotopic (exact) mass is 398 g/mol. The third-order valence-corrected chi connectivity index (χ3v) is 6.84. The van der Waals surface area contributed by atoms with Crippen molar-refractivity contribution < 1.29 is 8.42 Å². The van der Waals surface area contributed by atoms with Crippen LogP contribution in [0.15, 0.2) is 60.0 Å². The quantitative estimate of drug-likeness (QED) is 0.710. The zero-order chi connectivity index (χ0) is 19.6. The summed E-state index contributed by atoms with van der Waals surface area (Å²) in [5.74, 6) is 1.14. The molecule has 3 heterocycles. The summed E-state index contributed by atoms with van der Waals surface area (Å²) in [6.45, 7) is 0.909. The number of rotatable bonds is 5. The van der Waals surface area contributed by atoms with Gasteiger partial charge in [0.1, 0.15) is 17.0 Å². The molecular formula is C19H22N6O2S. The van der Waals surface area contributed by atoms with Gasteiger partial charge in [0, 0.05) is 37.9 Å². The molecule has 1 aliphatic heterocycles. The topological polar surface area (TPSA) is 93.0 Å². The average Bonchev–Trinajstić information content (AvgIpc) is 3.15. The second-order valence-corrected chi connectivity index (χ2v) is 8.82. The summed E-state index contributed by atoms with van der Waals surface area (Å²) in [5, 5.41) is 11.3. The molecule has 1 N–H and O–H groups in total. The molecule has 28 heavy (non-hydrogen) atoms. The van der Waals surface area contributed by atoms with E-state index >= 15 is 0 Å². The van der Waals surface area contributed by atoms with E-state index in [4.69, 9.17) is 0 Å². The second kappa shape index (κ2) is 7.69. The Labute approximate surface area is 164 Å². The van der Waals surface area contributed by atoms with Gasteiger partial charge in [-0.15, -0.1) is 10.2 Å². The van der Waals surface area contributed by atoms with Crippen LogP contribution in [-0.2, 0) is 17.1 Å².